The molecule has 0 aliphatic carbocycles. The van der Waals surface area contributed by atoms with Gasteiger partial charge >= 0.3 is 5.97 Å². The van der Waals surface area contributed by atoms with E-state index in [-0.39, 0.29) is 28.5 Å². The fourth-order valence-corrected chi connectivity index (χ4v) is 4.31. The Balaban J connectivity index is 2.17. The molecule has 1 heterocycles. The molecular formula is C14H15ClFNO5S. The van der Waals surface area contributed by atoms with Crippen LogP contribution in [0, 0.1) is 11.7 Å². The zero-order valence-electron chi connectivity index (χ0n) is 12.0. The number of carbonyl (C=O) groups excluding carboxylic acids is 1. The highest BCUT2D eigenvalue weighted by atomic mass is 35.5. The van der Waals surface area contributed by atoms with Gasteiger partial charge in [-0.05, 0) is 24.1 Å². The van der Waals surface area contributed by atoms with Crippen molar-refractivity contribution in [1.29, 1.82) is 0 Å². The van der Waals surface area contributed by atoms with Crippen LogP contribution in [0.25, 0.3) is 0 Å². The molecule has 23 heavy (non-hydrogen) atoms. The molecule has 0 spiro atoms. The van der Waals surface area contributed by atoms with Crippen LogP contribution in [0.4, 0.5) is 4.39 Å². The van der Waals surface area contributed by atoms with Crippen molar-refractivity contribution in [3.8, 4) is 0 Å². The van der Waals surface area contributed by atoms with Crippen molar-refractivity contribution in [3.05, 3.63) is 34.6 Å². The molecule has 2 unspecified atom stereocenters. The number of nitrogens with one attached hydrogen (secondary N) is 1. The average Bonchev–Trinajstić information content (AvgIpc) is 2.81. The zero-order valence-corrected chi connectivity index (χ0v) is 13.5. The number of rotatable bonds is 5. The molecule has 0 radical (unpaired) electrons. The summed E-state index contributed by atoms with van der Waals surface area (Å²) in [6.07, 6.45) is -0.255. The number of hydrogen-bond acceptors (Lipinski definition) is 4. The summed E-state index contributed by atoms with van der Waals surface area (Å²) in [6.45, 7) is 0. The van der Waals surface area contributed by atoms with Crippen molar-refractivity contribution in [2.75, 3.05) is 11.5 Å². The Bertz CT molecular complexity index is 737. The molecule has 2 rings (SSSR count). The van der Waals surface area contributed by atoms with Crippen molar-refractivity contribution in [3.63, 3.8) is 0 Å². The van der Waals surface area contributed by atoms with Crippen molar-refractivity contribution < 1.29 is 27.5 Å². The molecule has 0 saturated carbocycles. The van der Waals surface area contributed by atoms with E-state index in [2.05, 4.69) is 5.32 Å². The molecule has 1 amide bonds. The number of sulfone groups is 1. The summed E-state index contributed by atoms with van der Waals surface area (Å²) < 4.78 is 36.4. The van der Waals surface area contributed by atoms with E-state index in [0.29, 0.717) is 0 Å². The number of carbonyl (C=O) groups is 2. The maximum absolute atomic E-state index is 13.5. The van der Waals surface area contributed by atoms with Gasteiger partial charge in [0, 0.05) is 0 Å². The molecule has 1 fully saturated rings. The number of amides is 1. The number of aliphatic carboxylic acids is 1. The van der Waals surface area contributed by atoms with Crippen LogP contribution in [-0.2, 0) is 19.4 Å². The Morgan fingerprint density at radius 2 is 2.13 bits per heavy atom. The van der Waals surface area contributed by atoms with Gasteiger partial charge in [-0.25, -0.2) is 12.8 Å². The number of benzene rings is 1. The van der Waals surface area contributed by atoms with E-state index >= 15 is 0 Å². The Labute approximate surface area is 137 Å². The molecule has 1 aliphatic rings. The van der Waals surface area contributed by atoms with Crippen molar-refractivity contribution >= 4 is 33.3 Å². The number of halogens is 2. The van der Waals surface area contributed by atoms with Gasteiger partial charge in [-0.3, -0.25) is 9.59 Å². The maximum Gasteiger partial charge on any atom is 0.305 e. The van der Waals surface area contributed by atoms with Crippen molar-refractivity contribution in [1.82, 2.24) is 5.32 Å². The van der Waals surface area contributed by atoms with Crippen molar-refractivity contribution in [2.24, 2.45) is 5.92 Å². The highest BCUT2D eigenvalue weighted by Gasteiger charge is 2.34. The van der Waals surface area contributed by atoms with E-state index in [1.807, 2.05) is 0 Å². The Hall–Kier alpha value is -1.67. The van der Waals surface area contributed by atoms with Gasteiger partial charge in [0.1, 0.15) is 5.82 Å². The van der Waals surface area contributed by atoms with Crippen LogP contribution in [0.3, 0.4) is 0 Å². The third kappa shape index (κ3) is 4.65. The maximum atomic E-state index is 13.5. The first-order chi connectivity index (χ1) is 10.7. The highest BCUT2D eigenvalue weighted by molar-refractivity contribution is 7.91. The van der Waals surface area contributed by atoms with E-state index in [0.717, 1.165) is 6.07 Å². The summed E-state index contributed by atoms with van der Waals surface area (Å²) in [4.78, 5) is 23.1. The van der Waals surface area contributed by atoms with Crippen LogP contribution in [0.1, 0.15) is 24.4 Å². The molecule has 1 aromatic rings. The normalized spacial score (nSPS) is 20.9. The summed E-state index contributed by atoms with van der Waals surface area (Å²) in [5.41, 5.74) is 0.253. The van der Waals surface area contributed by atoms with Gasteiger partial charge in [-0.1, -0.05) is 17.7 Å². The largest absolute Gasteiger partial charge is 0.481 e. The molecule has 1 aromatic carbocycles. The minimum Gasteiger partial charge on any atom is -0.481 e. The van der Waals surface area contributed by atoms with Gasteiger partial charge < -0.3 is 10.4 Å². The second-order valence-electron chi connectivity index (χ2n) is 5.43. The second-order valence-corrected chi connectivity index (χ2v) is 8.07. The summed E-state index contributed by atoms with van der Waals surface area (Å²) in [7, 11) is -3.23. The topological polar surface area (TPSA) is 101 Å². The number of carboxylic acid groups (broad SMARTS) is 1. The van der Waals surface area contributed by atoms with E-state index < -0.39 is 45.9 Å². The van der Waals surface area contributed by atoms with E-state index in [9.17, 15) is 22.4 Å². The fraction of sp³-hybridized carbons (Fsp3) is 0.429. The van der Waals surface area contributed by atoms with E-state index in [1.165, 1.54) is 12.1 Å². The molecule has 9 heteroatoms. The Kier molecular flexibility index (Phi) is 5.26. The van der Waals surface area contributed by atoms with Gasteiger partial charge in [0.05, 0.1) is 34.9 Å². The Morgan fingerprint density at radius 3 is 2.65 bits per heavy atom. The average molecular weight is 364 g/mol. The first kappa shape index (κ1) is 17.7. The molecule has 126 valence electrons. The third-order valence-electron chi connectivity index (χ3n) is 3.64. The van der Waals surface area contributed by atoms with Crippen LogP contribution in [0.15, 0.2) is 18.2 Å². The lowest BCUT2D eigenvalue weighted by Gasteiger charge is -2.19. The molecule has 1 saturated heterocycles. The zero-order chi connectivity index (χ0) is 17.2. The smallest absolute Gasteiger partial charge is 0.305 e. The van der Waals surface area contributed by atoms with Gasteiger partial charge in [-0.2, -0.15) is 0 Å². The quantitative estimate of drug-likeness (QED) is 0.826. The molecule has 0 bridgehead atoms. The predicted octanol–water partition coefficient (Wildman–Crippen LogP) is 1.55. The summed E-state index contributed by atoms with van der Waals surface area (Å²) in [5, 5.41) is 11.3. The minimum atomic E-state index is -3.23. The first-order valence-electron chi connectivity index (χ1n) is 6.85. The molecule has 0 aromatic heterocycles. The van der Waals surface area contributed by atoms with Gasteiger partial charge in [0.25, 0.3) is 0 Å². The van der Waals surface area contributed by atoms with Crippen LogP contribution < -0.4 is 5.32 Å². The molecule has 2 atom stereocenters. The number of hydrogen-bond donors (Lipinski definition) is 2. The van der Waals surface area contributed by atoms with Crippen molar-refractivity contribution in [2.45, 2.75) is 18.9 Å². The standard InChI is InChI=1S/C14H15ClFNO5S/c15-10-2-1-8(5-11(10)16)12(6-13(18)19)17-14(20)9-3-4-23(21,22)7-9/h1-2,5,9,12H,3-4,6-7H2,(H,17,20)(H,18,19). The fourth-order valence-electron chi connectivity index (χ4n) is 2.45. The predicted molar refractivity (Wildman–Crippen MR) is 81.3 cm³/mol. The van der Waals surface area contributed by atoms with E-state index in [1.54, 1.807) is 0 Å². The SMILES string of the molecule is O=C(O)CC(NC(=O)C1CCS(=O)(=O)C1)c1ccc(Cl)c(F)c1. The molecule has 6 nitrogen and oxygen atoms in total. The highest BCUT2D eigenvalue weighted by Crippen LogP contribution is 2.24. The molecule has 2 N–H and O–H groups in total. The lowest BCUT2D eigenvalue weighted by molar-refractivity contribution is -0.137. The number of carboxylic acids is 1. The van der Waals surface area contributed by atoms with Gasteiger partial charge in [0.2, 0.25) is 5.91 Å². The third-order valence-corrected chi connectivity index (χ3v) is 5.72. The van der Waals surface area contributed by atoms with Crippen LogP contribution in [-0.4, -0.2) is 36.9 Å². The lowest BCUT2D eigenvalue weighted by Crippen LogP contribution is -2.35. The summed E-state index contributed by atoms with van der Waals surface area (Å²) in [5.74, 6) is -3.49. The van der Waals surface area contributed by atoms with Crippen LogP contribution in [0.2, 0.25) is 5.02 Å². The van der Waals surface area contributed by atoms with Gasteiger partial charge in [0.15, 0.2) is 9.84 Å². The summed E-state index contributed by atoms with van der Waals surface area (Å²) in [6, 6.07) is 2.79. The monoisotopic (exact) mass is 363 g/mol. The molecule has 1 aliphatic heterocycles. The lowest BCUT2D eigenvalue weighted by atomic mass is 10.0. The Morgan fingerprint density at radius 1 is 1.43 bits per heavy atom. The van der Waals surface area contributed by atoms with Crippen LogP contribution >= 0.6 is 11.6 Å². The second kappa shape index (κ2) is 6.84. The first-order valence-corrected chi connectivity index (χ1v) is 9.05. The van der Waals surface area contributed by atoms with Crippen LogP contribution in [0.5, 0.6) is 0 Å². The van der Waals surface area contributed by atoms with Gasteiger partial charge in [-0.15, -0.1) is 0 Å². The summed E-state index contributed by atoms with van der Waals surface area (Å²) >= 11 is 5.59. The van der Waals surface area contributed by atoms with E-state index in [4.69, 9.17) is 16.7 Å². The molecular weight excluding hydrogens is 349 g/mol. The minimum absolute atomic E-state index is 0.0652.